The highest BCUT2D eigenvalue weighted by Gasteiger charge is 2.29. The zero-order chi connectivity index (χ0) is 16.4. The first-order chi connectivity index (χ1) is 11.8. The summed E-state index contributed by atoms with van der Waals surface area (Å²) in [6, 6.07) is 7.48. The lowest BCUT2D eigenvalue weighted by molar-refractivity contribution is 0.0145. The molecule has 0 spiro atoms. The predicted octanol–water partition coefficient (Wildman–Crippen LogP) is 2.55. The van der Waals surface area contributed by atoms with E-state index in [1.54, 1.807) is 11.3 Å². The Hall–Kier alpha value is -1.92. The van der Waals surface area contributed by atoms with Gasteiger partial charge in [-0.2, -0.15) is 0 Å². The van der Waals surface area contributed by atoms with Crippen molar-refractivity contribution in [3.63, 3.8) is 0 Å². The molecule has 1 N–H and O–H groups in total. The number of amides is 1. The molecule has 1 amide bonds. The van der Waals surface area contributed by atoms with Crippen molar-refractivity contribution in [2.45, 2.75) is 25.5 Å². The Morgan fingerprint density at radius 3 is 3.00 bits per heavy atom. The second-order valence-corrected chi connectivity index (χ2v) is 7.52. The summed E-state index contributed by atoms with van der Waals surface area (Å²) in [7, 11) is 0. The first-order valence-electron chi connectivity index (χ1n) is 8.42. The van der Waals surface area contributed by atoms with Gasteiger partial charge in [0.2, 0.25) is 0 Å². The fourth-order valence-corrected chi connectivity index (χ4v) is 3.47. The number of nitrogens with one attached hydrogen (secondary N) is 1. The Kier molecular flexibility index (Phi) is 4.49. The smallest absolute Gasteiger partial charge is 0.251 e. The second-order valence-electron chi connectivity index (χ2n) is 6.54. The first kappa shape index (κ1) is 15.6. The van der Waals surface area contributed by atoms with Crippen molar-refractivity contribution < 1.29 is 9.53 Å². The molecule has 1 aromatic carbocycles. The highest BCUT2D eigenvalue weighted by molar-refractivity contribution is 7.09. The van der Waals surface area contributed by atoms with E-state index in [9.17, 15) is 4.79 Å². The van der Waals surface area contributed by atoms with Gasteiger partial charge >= 0.3 is 0 Å². The standard InChI is InChI=1S/C18H21N3O2S/c22-18(20-9-13-4-5-13)14-2-1-3-15(8-14)23-16-10-21(11-16)12-17-19-6-7-24-17/h1-3,6-8,13,16H,4-5,9-12H2,(H,20,22). The summed E-state index contributed by atoms with van der Waals surface area (Å²) in [6.07, 6.45) is 4.51. The van der Waals surface area contributed by atoms with Gasteiger partial charge in [-0.3, -0.25) is 9.69 Å². The van der Waals surface area contributed by atoms with E-state index >= 15 is 0 Å². The molecule has 1 saturated heterocycles. The van der Waals surface area contributed by atoms with Crippen LogP contribution in [0.25, 0.3) is 0 Å². The number of rotatable bonds is 7. The van der Waals surface area contributed by atoms with Gasteiger partial charge in [-0.25, -0.2) is 4.98 Å². The van der Waals surface area contributed by atoms with Gasteiger partial charge in [-0.15, -0.1) is 11.3 Å². The van der Waals surface area contributed by atoms with Gasteiger partial charge in [0.15, 0.2) is 0 Å². The molecule has 1 aromatic heterocycles. The van der Waals surface area contributed by atoms with Gasteiger partial charge in [-0.1, -0.05) is 6.07 Å². The summed E-state index contributed by atoms with van der Waals surface area (Å²) in [5.74, 6) is 1.45. The Balaban J connectivity index is 1.26. The Labute approximate surface area is 145 Å². The van der Waals surface area contributed by atoms with E-state index in [1.807, 2.05) is 35.8 Å². The minimum Gasteiger partial charge on any atom is -0.488 e. The maximum absolute atomic E-state index is 12.1. The van der Waals surface area contributed by atoms with Crippen LogP contribution in [0.4, 0.5) is 0 Å². The van der Waals surface area contributed by atoms with Crippen LogP contribution >= 0.6 is 11.3 Å². The van der Waals surface area contributed by atoms with Gasteiger partial charge in [0, 0.05) is 36.8 Å². The summed E-state index contributed by atoms with van der Waals surface area (Å²) in [5.41, 5.74) is 0.673. The van der Waals surface area contributed by atoms with E-state index in [-0.39, 0.29) is 12.0 Å². The molecule has 6 heteroatoms. The van der Waals surface area contributed by atoms with Gasteiger partial charge in [0.1, 0.15) is 16.9 Å². The molecule has 2 fully saturated rings. The number of carbonyl (C=O) groups excluding carboxylic acids is 1. The van der Waals surface area contributed by atoms with Gasteiger partial charge < -0.3 is 10.1 Å². The molecule has 0 radical (unpaired) electrons. The molecule has 0 unspecified atom stereocenters. The third-order valence-electron chi connectivity index (χ3n) is 4.41. The van der Waals surface area contributed by atoms with Crippen molar-refractivity contribution >= 4 is 17.2 Å². The lowest BCUT2D eigenvalue weighted by Crippen LogP contribution is -2.53. The van der Waals surface area contributed by atoms with Crippen molar-refractivity contribution in [1.82, 2.24) is 15.2 Å². The molecule has 2 aromatic rings. The fraction of sp³-hybridized carbons (Fsp3) is 0.444. The Bertz CT molecular complexity index is 694. The minimum atomic E-state index is -0.00800. The molecule has 1 saturated carbocycles. The molecule has 1 aliphatic carbocycles. The molecule has 5 nitrogen and oxygen atoms in total. The van der Waals surface area contributed by atoms with E-state index in [0.29, 0.717) is 11.5 Å². The summed E-state index contributed by atoms with van der Waals surface area (Å²) >= 11 is 1.68. The average Bonchev–Trinajstić information content (AvgIpc) is 3.25. The van der Waals surface area contributed by atoms with Gasteiger partial charge in [0.05, 0.1) is 6.54 Å². The van der Waals surface area contributed by atoms with Crippen LogP contribution in [0.15, 0.2) is 35.8 Å². The van der Waals surface area contributed by atoms with Crippen molar-refractivity contribution in [3.05, 3.63) is 46.4 Å². The third kappa shape index (κ3) is 3.94. The van der Waals surface area contributed by atoms with Crippen LogP contribution in [0.2, 0.25) is 0 Å². The van der Waals surface area contributed by atoms with E-state index < -0.39 is 0 Å². The molecule has 1 aliphatic heterocycles. The van der Waals surface area contributed by atoms with Crippen molar-refractivity contribution in [1.29, 1.82) is 0 Å². The molecule has 2 heterocycles. The second kappa shape index (κ2) is 6.91. The van der Waals surface area contributed by atoms with Crippen LogP contribution in [-0.2, 0) is 6.54 Å². The number of nitrogens with zero attached hydrogens (tertiary/aromatic N) is 2. The van der Waals surface area contributed by atoms with Crippen LogP contribution < -0.4 is 10.1 Å². The SMILES string of the molecule is O=C(NCC1CC1)c1cccc(OC2CN(Cc3nccs3)C2)c1. The lowest BCUT2D eigenvalue weighted by atomic mass is 10.1. The molecule has 4 rings (SSSR count). The summed E-state index contributed by atoms with van der Waals surface area (Å²) in [6.45, 7) is 3.48. The normalized spacial score (nSPS) is 18.2. The monoisotopic (exact) mass is 343 g/mol. The Morgan fingerprint density at radius 2 is 2.25 bits per heavy atom. The van der Waals surface area contributed by atoms with Crippen LogP contribution in [0.5, 0.6) is 5.75 Å². The van der Waals surface area contributed by atoms with Crippen LogP contribution in [-0.4, -0.2) is 41.5 Å². The van der Waals surface area contributed by atoms with E-state index in [1.165, 1.54) is 12.8 Å². The largest absolute Gasteiger partial charge is 0.488 e. The summed E-state index contributed by atoms with van der Waals surface area (Å²) < 4.78 is 5.99. The van der Waals surface area contributed by atoms with Crippen LogP contribution in [0, 0.1) is 5.92 Å². The molecular formula is C18H21N3O2S. The summed E-state index contributed by atoms with van der Waals surface area (Å²) in [4.78, 5) is 18.8. The number of hydrogen-bond acceptors (Lipinski definition) is 5. The molecule has 126 valence electrons. The number of carbonyl (C=O) groups is 1. The molecular weight excluding hydrogens is 322 g/mol. The summed E-state index contributed by atoms with van der Waals surface area (Å²) in [5, 5.41) is 6.14. The Morgan fingerprint density at radius 1 is 1.38 bits per heavy atom. The highest BCUT2D eigenvalue weighted by atomic mass is 32.1. The van der Waals surface area contributed by atoms with Gasteiger partial charge in [-0.05, 0) is 37.0 Å². The maximum atomic E-state index is 12.1. The zero-order valence-corrected chi connectivity index (χ0v) is 14.3. The van der Waals surface area contributed by atoms with Crippen LogP contribution in [0.3, 0.4) is 0 Å². The number of likely N-dealkylation sites (tertiary alicyclic amines) is 1. The van der Waals surface area contributed by atoms with Crippen molar-refractivity contribution in [2.75, 3.05) is 19.6 Å². The van der Waals surface area contributed by atoms with E-state index in [0.717, 1.165) is 36.9 Å². The minimum absolute atomic E-state index is 0.00800. The fourth-order valence-electron chi connectivity index (χ4n) is 2.81. The molecule has 2 aliphatic rings. The lowest BCUT2D eigenvalue weighted by Gasteiger charge is -2.38. The third-order valence-corrected chi connectivity index (χ3v) is 5.18. The topological polar surface area (TPSA) is 54.5 Å². The zero-order valence-electron chi connectivity index (χ0n) is 13.5. The predicted molar refractivity (Wildman–Crippen MR) is 93.3 cm³/mol. The molecule has 24 heavy (non-hydrogen) atoms. The van der Waals surface area contributed by atoms with E-state index in [4.69, 9.17) is 4.74 Å². The first-order valence-corrected chi connectivity index (χ1v) is 9.30. The number of thiazole rings is 1. The number of ether oxygens (including phenoxy) is 1. The van der Waals surface area contributed by atoms with E-state index in [2.05, 4.69) is 15.2 Å². The molecule has 0 bridgehead atoms. The van der Waals surface area contributed by atoms with Gasteiger partial charge in [0.25, 0.3) is 5.91 Å². The number of benzene rings is 1. The average molecular weight is 343 g/mol. The number of hydrogen-bond donors (Lipinski definition) is 1. The van der Waals surface area contributed by atoms with Crippen molar-refractivity contribution in [3.8, 4) is 5.75 Å². The quantitative estimate of drug-likeness (QED) is 0.839. The molecule has 0 atom stereocenters. The van der Waals surface area contributed by atoms with Crippen LogP contribution in [0.1, 0.15) is 28.2 Å². The highest BCUT2D eigenvalue weighted by Crippen LogP contribution is 2.27. The maximum Gasteiger partial charge on any atom is 0.251 e. The van der Waals surface area contributed by atoms with Crippen molar-refractivity contribution in [2.24, 2.45) is 5.92 Å². The number of aromatic nitrogens is 1.